The molecular formula is C15H24N2O3S. The van der Waals surface area contributed by atoms with E-state index < -0.39 is 10.0 Å². The van der Waals surface area contributed by atoms with Crippen molar-refractivity contribution in [2.24, 2.45) is 5.92 Å². The maximum atomic E-state index is 12.7. The zero-order chi connectivity index (χ0) is 15.5. The molecule has 1 fully saturated rings. The lowest BCUT2D eigenvalue weighted by Crippen LogP contribution is -2.49. The molecule has 1 aliphatic rings. The highest BCUT2D eigenvalue weighted by Crippen LogP contribution is 2.21. The minimum absolute atomic E-state index is 0.227. The first-order chi connectivity index (χ1) is 9.95. The number of piperazine rings is 1. The number of aliphatic hydroxyl groups is 1. The van der Waals surface area contributed by atoms with Crippen LogP contribution in [0.5, 0.6) is 0 Å². The van der Waals surface area contributed by atoms with Crippen molar-refractivity contribution in [3.05, 3.63) is 29.8 Å². The van der Waals surface area contributed by atoms with Gasteiger partial charge in [0.1, 0.15) is 0 Å². The van der Waals surface area contributed by atoms with Crippen LogP contribution in [-0.2, 0) is 16.6 Å². The van der Waals surface area contributed by atoms with E-state index in [1.54, 1.807) is 24.3 Å². The molecule has 0 bridgehead atoms. The molecule has 1 aromatic carbocycles. The molecule has 0 spiro atoms. The van der Waals surface area contributed by atoms with Gasteiger partial charge in [-0.05, 0) is 17.5 Å². The number of hydrogen-bond acceptors (Lipinski definition) is 4. The lowest BCUT2D eigenvalue weighted by atomic mass is 10.2. The molecule has 2 rings (SSSR count). The highest BCUT2D eigenvalue weighted by Gasteiger charge is 2.29. The first-order valence-corrected chi connectivity index (χ1v) is 8.80. The maximum Gasteiger partial charge on any atom is 0.243 e. The zero-order valence-corrected chi connectivity index (χ0v) is 13.5. The number of benzene rings is 1. The second-order valence-electron chi connectivity index (χ2n) is 5.86. The Bertz CT molecular complexity index is 564. The van der Waals surface area contributed by atoms with E-state index in [0.717, 1.165) is 19.6 Å². The van der Waals surface area contributed by atoms with Crippen molar-refractivity contribution in [1.29, 1.82) is 0 Å². The summed E-state index contributed by atoms with van der Waals surface area (Å²) in [5.41, 5.74) is 0.460. The third-order valence-electron chi connectivity index (χ3n) is 3.72. The van der Waals surface area contributed by atoms with Crippen molar-refractivity contribution in [2.45, 2.75) is 25.3 Å². The third kappa shape index (κ3) is 3.83. The normalized spacial score (nSPS) is 18.3. The van der Waals surface area contributed by atoms with E-state index in [4.69, 9.17) is 0 Å². The molecule has 0 saturated carbocycles. The largest absolute Gasteiger partial charge is 0.392 e. The Morgan fingerprint density at radius 3 is 2.33 bits per heavy atom. The van der Waals surface area contributed by atoms with E-state index in [1.807, 2.05) is 0 Å². The fraction of sp³-hybridized carbons (Fsp3) is 0.600. The summed E-state index contributed by atoms with van der Waals surface area (Å²) in [6.45, 7) is 7.62. The summed E-state index contributed by atoms with van der Waals surface area (Å²) in [6, 6.07) is 6.66. The Morgan fingerprint density at radius 2 is 1.76 bits per heavy atom. The molecule has 5 nitrogen and oxygen atoms in total. The molecule has 0 amide bonds. The van der Waals surface area contributed by atoms with Gasteiger partial charge in [0.05, 0.1) is 11.5 Å². The number of hydrogen-bond donors (Lipinski definition) is 1. The summed E-state index contributed by atoms with van der Waals surface area (Å²) in [6.07, 6.45) is 0. The van der Waals surface area contributed by atoms with Gasteiger partial charge >= 0.3 is 0 Å². The lowest BCUT2D eigenvalue weighted by molar-refractivity contribution is 0.172. The van der Waals surface area contributed by atoms with Crippen LogP contribution in [0.2, 0.25) is 0 Å². The van der Waals surface area contributed by atoms with Crippen molar-refractivity contribution < 1.29 is 13.5 Å². The number of rotatable bonds is 5. The second kappa shape index (κ2) is 6.87. The molecule has 21 heavy (non-hydrogen) atoms. The van der Waals surface area contributed by atoms with Crippen LogP contribution in [-0.4, -0.2) is 55.5 Å². The monoisotopic (exact) mass is 312 g/mol. The van der Waals surface area contributed by atoms with Crippen LogP contribution in [0.1, 0.15) is 19.4 Å². The molecule has 0 atom stereocenters. The number of nitrogens with zero attached hydrogens (tertiary/aromatic N) is 2. The highest BCUT2D eigenvalue weighted by atomic mass is 32.2. The SMILES string of the molecule is CC(C)CN1CCN(S(=O)(=O)c2ccccc2CO)CC1. The van der Waals surface area contributed by atoms with Crippen molar-refractivity contribution in [3.8, 4) is 0 Å². The smallest absolute Gasteiger partial charge is 0.243 e. The van der Waals surface area contributed by atoms with Crippen molar-refractivity contribution >= 4 is 10.0 Å². The van der Waals surface area contributed by atoms with Gasteiger partial charge in [-0.1, -0.05) is 32.0 Å². The Morgan fingerprint density at radius 1 is 1.14 bits per heavy atom. The van der Waals surface area contributed by atoms with E-state index in [-0.39, 0.29) is 11.5 Å². The van der Waals surface area contributed by atoms with Crippen LogP contribution in [0.3, 0.4) is 0 Å². The van der Waals surface area contributed by atoms with E-state index >= 15 is 0 Å². The third-order valence-corrected chi connectivity index (χ3v) is 5.71. The fourth-order valence-electron chi connectivity index (χ4n) is 2.69. The molecule has 1 aromatic rings. The predicted molar refractivity (Wildman–Crippen MR) is 82.4 cm³/mol. The standard InChI is InChI=1S/C15H24N2O3S/c1-13(2)11-16-7-9-17(10-8-16)21(19,20)15-6-4-3-5-14(15)12-18/h3-6,13,18H,7-12H2,1-2H3. The van der Waals surface area contributed by atoms with Crippen molar-refractivity contribution in [1.82, 2.24) is 9.21 Å². The fourth-order valence-corrected chi connectivity index (χ4v) is 4.33. The first-order valence-electron chi connectivity index (χ1n) is 7.36. The van der Waals surface area contributed by atoms with Gasteiger partial charge < -0.3 is 10.0 Å². The topological polar surface area (TPSA) is 60.9 Å². The molecular weight excluding hydrogens is 288 g/mol. The molecule has 6 heteroatoms. The Hall–Kier alpha value is -0.950. The van der Waals surface area contributed by atoms with E-state index in [1.165, 1.54) is 4.31 Å². The summed E-state index contributed by atoms with van der Waals surface area (Å²) in [4.78, 5) is 2.53. The Kier molecular flexibility index (Phi) is 5.37. The quantitative estimate of drug-likeness (QED) is 0.886. The van der Waals surface area contributed by atoms with Crippen LogP contribution >= 0.6 is 0 Å². The molecule has 0 unspecified atom stereocenters. The molecule has 1 aliphatic heterocycles. The number of aliphatic hydroxyl groups excluding tert-OH is 1. The Labute approximate surface area is 127 Å². The van der Waals surface area contributed by atoms with E-state index in [9.17, 15) is 13.5 Å². The molecule has 0 aliphatic carbocycles. The van der Waals surface area contributed by atoms with Crippen molar-refractivity contribution in [3.63, 3.8) is 0 Å². The van der Waals surface area contributed by atoms with Gasteiger partial charge in [-0.25, -0.2) is 8.42 Å². The summed E-state index contributed by atoms with van der Waals surface area (Å²) < 4.78 is 26.9. The van der Waals surface area contributed by atoms with Gasteiger partial charge in [-0.3, -0.25) is 0 Å². The van der Waals surface area contributed by atoms with Gasteiger partial charge in [0, 0.05) is 32.7 Å². The molecule has 1 N–H and O–H groups in total. The van der Waals surface area contributed by atoms with Crippen LogP contribution in [0.4, 0.5) is 0 Å². The molecule has 0 aromatic heterocycles. The number of sulfonamides is 1. The van der Waals surface area contributed by atoms with Crippen LogP contribution in [0.15, 0.2) is 29.2 Å². The van der Waals surface area contributed by atoms with Gasteiger partial charge in [0.2, 0.25) is 10.0 Å². The summed E-state index contributed by atoms with van der Waals surface area (Å²) in [7, 11) is -3.51. The van der Waals surface area contributed by atoms with Gasteiger partial charge in [-0.15, -0.1) is 0 Å². The van der Waals surface area contributed by atoms with Crippen molar-refractivity contribution in [2.75, 3.05) is 32.7 Å². The lowest BCUT2D eigenvalue weighted by Gasteiger charge is -2.35. The summed E-state index contributed by atoms with van der Waals surface area (Å²) in [5.74, 6) is 0.586. The first kappa shape index (κ1) is 16.4. The average Bonchev–Trinajstić information content (AvgIpc) is 2.47. The average molecular weight is 312 g/mol. The van der Waals surface area contributed by atoms with Gasteiger partial charge in [0.25, 0.3) is 0 Å². The summed E-state index contributed by atoms with van der Waals surface area (Å²) >= 11 is 0. The zero-order valence-electron chi connectivity index (χ0n) is 12.7. The van der Waals surface area contributed by atoms with E-state index in [2.05, 4.69) is 18.7 Å². The predicted octanol–water partition coefficient (Wildman–Crippen LogP) is 1.14. The van der Waals surface area contributed by atoms with Gasteiger partial charge in [-0.2, -0.15) is 4.31 Å². The minimum Gasteiger partial charge on any atom is -0.392 e. The van der Waals surface area contributed by atoms with E-state index in [0.29, 0.717) is 24.6 Å². The summed E-state index contributed by atoms with van der Waals surface area (Å²) in [5, 5.41) is 9.33. The molecule has 0 radical (unpaired) electrons. The van der Waals surface area contributed by atoms with Crippen LogP contribution in [0, 0.1) is 5.92 Å². The molecule has 1 heterocycles. The maximum absolute atomic E-state index is 12.7. The van der Waals surface area contributed by atoms with Crippen LogP contribution in [0.25, 0.3) is 0 Å². The molecule has 1 saturated heterocycles. The highest BCUT2D eigenvalue weighted by molar-refractivity contribution is 7.89. The minimum atomic E-state index is -3.51. The Balaban J connectivity index is 2.11. The molecule has 118 valence electrons. The van der Waals surface area contributed by atoms with Crippen LogP contribution < -0.4 is 0 Å². The second-order valence-corrected chi connectivity index (χ2v) is 7.77. The van der Waals surface area contributed by atoms with Gasteiger partial charge in [0.15, 0.2) is 0 Å².